The minimum atomic E-state index is -0.806. The van der Waals surface area contributed by atoms with Crippen LogP contribution in [0, 0.1) is 6.92 Å². The van der Waals surface area contributed by atoms with Crippen LogP contribution in [-0.4, -0.2) is 27.6 Å². The fourth-order valence-corrected chi connectivity index (χ4v) is 3.38. The predicted molar refractivity (Wildman–Crippen MR) is 71.7 cm³/mol. The molecule has 92 valence electrons. The fraction of sp³-hybridized carbons (Fsp3) is 0.462. The van der Waals surface area contributed by atoms with Crippen molar-refractivity contribution in [1.82, 2.24) is 0 Å². The second-order valence-corrected chi connectivity index (χ2v) is 6.13. The number of carboxylic acid groups (broad SMARTS) is 1. The summed E-state index contributed by atoms with van der Waals surface area (Å²) in [7, 11) is 0. The van der Waals surface area contributed by atoms with E-state index in [1.807, 2.05) is 31.2 Å². The van der Waals surface area contributed by atoms with Gasteiger partial charge in [0.1, 0.15) is 5.54 Å². The van der Waals surface area contributed by atoms with Crippen LogP contribution in [0.4, 0.5) is 5.69 Å². The zero-order chi connectivity index (χ0) is 12.5. The average Bonchev–Trinajstić information content (AvgIpc) is 2.65. The zero-order valence-corrected chi connectivity index (χ0v) is 10.9. The normalized spacial score (nSPS) is 28.0. The first kappa shape index (κ1) is 12.3. The van der Waals surface area contributed by atoms with Gasteiger partial charge in [-0.25, -0.2) is 4.79 Å². The molecule has 0 spiro atoms. The first-order chi connectivity index (χ1) is 8.02. The number of nitrogens with one attached hydrogen (secondary N) is 1. The van der Waals surface area contributed by atoms with Gasteiger partial charge in [0.25, 0.3) is 0 Å². The Hall–Kier alpha value is -1.16. The molecule has 0 bridgehead atoms. The molecule has 1 saturated heterocycles. The minimum Gasteiger partial charge on any atom is -0.479 e. The number of aryl methyl sites for hydroxylation is 1. The van der Waals surface area contributed by atoms with Crippen LogP contribution in [0.5, 0.6) is 0 Å². The molecule has 1 aliphatic heterocycles. The van der Waals surface area contributed by atoms with Gasteiger partial charge in [-0.05, 0) is 25.5 Å². The van der Waals surface area contributed by atoms with Crippen molar-refractivity contribution in [3.63, 3.8) is 0 Å². The molecular weight excluding hydrogens is 234 g/mol. The fourth-order valence-electron chi connectivity index (χ4n) is 2.10. The van der Waals surface area contributed by atoms with E-state index in [1.165, 1.54) is 5.56 Å². The van der Waals surface area contributed by atoms with E-state index in [4.69, 9.17) is 0 Å². The molecule has 1 aromatic carbocycles. The van der Waals surface area contributed by atoms with Crippen LogP contribution < -0.4 is 5.32 Å². The molecule has 1 aromatic rings. The maximum atomic E-state index is 11.5. The molecule has 2 unspecified atom stereocenters. The molecule has 4 heteroatoms. The Balaban J connectivity index is 2.19. The van der Waals surface area contributed by atoms with Crippen LogP contribution in [0.3, 0.4) is 0 Å². The number of hydrogen-bond acceptors (Lipinski definition) is 3. The van der Waals surface area contributed by atoms with Crippen LogP contribution in [0.15, 0.2) is 24.3 Å². The maximum Gasteiger partial charge on any atom is 0.330 e. The molecule has 0 amide bonds. The molecule has 1 aliphatic rings. The lowest BCUT2D eigenvalue weighted by Gasteiger charge is -2.26. The van der Waals surface area contributed by atoms with Crippen molar-refractivity contribution in [3.8, 4) is 0 Å². The van der Waals surface area contributed by atoms with E-state index in [1.54, 1.807) is 11.8 Å². The van der Waals surface area contributed by atoms with Crippen LogP contribution in [0.25, 0.3) is 0 Å². The Labute approximate surface area is 106 Å². The number of hydrogen-bond donors (Lipinski definition) is 2. The Morgan fingerprint density at radius 1 is 1.47 bits per heavy atom. The van der Waals surface area contributed by atoms with Crippen molar-refractivity contribution in [2.45, 2.75) is 31.1 Å². The number of benzene rings is 1. The number of rotatable bonds is 3. The molecule has 0 radical (unpaired) electrons. The molecule has 3 nitrogen and oxygen atoms in total. The lowest BCUT2D eigenvalue weighted by Crippen LogP contribution is -2.46. The van der Waals surface area contributed by atoms with E-state index in [9.17, 15) is 9.90 Å². The largest absolute Gasteiger partial charge is 0.479 e. The third kappa shape index (κ3) is 2.57. The number of thioether (sulfide) groups is 1. The van der Waals surface area contributed by atoms with Gasteiger partial charge < -0.3 is 10.4 Å². The predicted octanol–water partition coefficient (Wildman–Crippen LogP) is 2.76. The first-order valence-electron chi connectivity index (χ1n) is 5.72. The second-order valence-electron chi connectivity index (χ2n) is 4.70. The third-order valence-electron chi connectivity index (χ3n) is 3.09. The summed E-state index contributed by atoms with van der Waals surface area (Å²) < 4.78 is 0. The van der Waals surface area contributed by atoms with Gasteiger partial charge in [-0.1, -0.05) is 24.6 Å². The van der Waals surface area contributed by atoms with Gasteiger partial charge in [0, 0.05) is 16.7 Å². The second kappa shape index (κ2) is 4.61. The van der Waals surface area contributed by atoms with E-state index in [0.717, 1.165) is 5.69 Å². The van der Waals surface area contributed by atoms with Gasteiger partial charge in [0.05, 0.1) is 0 Å². The number of carbonyl (C=O) groups is 1. The Bertz CT molecular complexity index is 418. The van der Waals surface area contributed by atoms with Gasteiger partial charge in [-0.2, -0.15) is 11.8 Å². The van der Waals surface area contributed by atoms with Gasteiger partial charge in [0.15, 0.2) is 0 Å². The first-order valence-corrected chi connectivity index (χ1v) is 6.76. The summed E-state index contributed by atoms with van der Waals surface area (Å²) in [4.78, 5) is 11.5. The van der Waals surface area contributed by atoms with Crippen LogP contribution in [0.1, 0.15) is 18.9 Å². The molecule has 2 N–H and O–H groups in total. The lowest BCUT2D eigenvalue weighted by atomic mass is 9.96. The number of carboxylic acids is 1. The van der Waals surface area contributed by atoms with Crippen molar-refractivity contribution in [1.29, 1.82) is 0 Å². The molecule has 0 saturated carbocycles. The summed E-state index contributed by atoms with van der Waals surface area (Å²) in [6.45, 7) is 4.09. The monoisotopic (exact) mass is 251 g/mol. The summed E-state index contributed by atoms with van der Waals surface area (Å²) in [6, 6.07) is 7.86. The standard InChI is InChI=1S/C13H17NO2S/c1-9-3-5-11(6-4-9)14-13(12(15)16)7-10(2)17-8-13/h3-6,10,14H,7-8H2,1-2H3,(H,15,16). The quantitative estimate of drug-likeness (QED) is 0.867. The molecular formula is C13H17NO2S. The summed E-state index contributed by atoms with van der Waals surface area (Å²) in [5.74, 6) is -0.132. The number of anilines is 1. The topological polar surface area (TPSA) is 49.3 Å². The zero-order valence-electron chi connectivity index (χ0n) is 10.1. The molecule has 0 aromatic heterocycles. The van der Waals surface area contributed by atoms with E-state index in [0.29, 0.717) is 17.4 Å². The Morgan fingerprint density at radius 3 is 2.59 bits per heavy atom. The molecule has 2 rings (SSSR count). The van der Waals surface area contributed by atoms with Crippen molar-refractivity contribution in [3.05, 3.63) is 29.8 Å². The van der Waals surface area contributed by atoms with Gasteiger partial charge >= 0.3 is 5.97 Å². The summed E-state index contributed by atoms with van der Waals surface area (Å²) in [6.07, 6.45) is 0.668. The van der Waals surface area contributed by atoms with Crippen molar-refractivity contribution in [2.24, 2.45) is 0 Å². The maximum absolute atomic E-state index is 11.5. The van der Waals surface area contributed by atoms with E-state index in [-0.39, 0.29) is 0 Å². The third-order valence-corrected chi connectivity index (χ3v) is 4.49. The van der Waals surface area contributed by atoms with Crippen molar-refractivity contribution < 1.29 is 9.90 Å². The molecule has 1 fully saturated rings. The van der Waals surface area contributed by atoms with E-state index >= 15 is 0 Å². The minimum absolute atomic E-state index is 0.393. The van der Waals surface area contributed by atoms with Crippen LogP contribution >= 0.6 is 11.8 Å². The highest BCUT2D eigenvalue weighted by Gasteiger charge is 2.44. The molecule has 2 atom stereocenters. The van der Waals surface area contributed by atoms with Crippen molar-refractivity contribution >= 4 is 23.4 Å². The molecule has 1 heterocycles. The van der Waals surface area contributed by atoms with Gasteiger partial charge in [-0.15, -0.1) is 0 Å². The number of aliphatic carboxylic acids is 1. The lowest BCUT2D eigenvalue weighted by molar-refractivity contribution is -0.141. The highest BCUT2D eigenvalue weighted by Crippen LogP contribution is 2.37. The van der Waals surface area contributed by atoms with E-state index in [2.05, 4.69) is 12.2 Å². The van der Waals surface area contributed by atoms with Crippen molar-refractivity contribution in [2.75, 3.05) is 11.1 Å². The van der Waals surface area contributed by atoms with Crippen LogP contribution in [0.2, 0.25) is 0 Å². The summed E-state index contributed by atoms with van der Waals surface area (Å²) in [5, 5.41) is 13.0. The Kier molecular flexibility index (Phi) is 3.33. The Morgan fingerprint density at radius 2 is 2.12 bits per heavy atom. The highest BCUT2D eigenvalue weighted by atomic mass is 32.2. The summed E-state index contributed by atoms with van der Waals surface area (Å²) in [5.41, 5.74) is 1.25. The highest BCUT2D eigenvalue weighted by molar-refractivity contribution is 8.00. The molecule has 0 aliphatic carbocycles. The summed E-state index contributed by atoms with van der Waals surface area (Å²) >= 11 is 1.71. The van der Waals surface area contributed by atoms with Crippen LogP contribution in [-0.2, 0) is 4.79 Å². The average molecular weight is 251 g/mol. The van der Waals surface area contributed by atoms with Gasteiger partial charge in [0.2, 0.25) is 0 Å². The molecule has 17 heavy (non-hydrogen) atoms. The smallest absolute Gasteiger partial charge is 0.330 e. The van der Waals surface area contributed by atoms with Gasteiger partial charge in [-0.3, -0.25) is 0 Å². The van der Waals surface area contributed by atoms with E-state index < -0.39 is 11.5 Å². The SMILES string of the molecule is Cc1ccc(NC2(C(=O)O)CSC(C)C2)cc1.